The number of carbonyl (C=O) groups excluding carboxylic acids is 1. The molecule has 0 aliphatic carbocycles. The first-order chi connectivity index (χ1) is 9.10. The maximum atomic E-state index is 13.6. The van der Waals surface area contributed by atoms with Crippen molar-refractivity contribution in [2.75, 3.05) is 13.7 Å². The molecule has 4 N–H and O–H groups in total. The van der Waals surface area contributed by atoms with Crippen LogP contribution in [0.4, 0.5) is 4.39 Å². The van der Waals surface area contributed by atoms with Gasteiger partial charge in [-0.25, -0.2) is 4.39 Å². The monoisotopic (exact) mass is 269 g/mol. The van der Waals surface area contributed by atoms with E-state index in [-0.39, 0.29) is 23.7 Å². The Kier molecular flexibility index (Phi) is 5.59. The van der Waals surface area contributed by atoms with Crippen LogP contribution in [-0.2, 0) is 0 Å². The van der Waals surface area contributed by atoms with Crippen LogP contribution in [0.1, 0.15) is 23.2 Å². The summed E-state index contributed by atoms with van der Waals surface area (Å²) in [5, 5.41) is 13.7. The van der Waals surface area contributed by atoms with Crippen LogP contribution in [0.5, 0.6) is 5.75 Å². The van der Waals surface area contributed by atoms with Gasteiger partial charge in [0.2, 0.25) is 0 Å². The summed E-state index contributed by atoms with van der Waals surface area (Å²) in [5.74, 6) is -0.950. The van der Waals surface area contributed by atoms with Crippen LogP contribution in [-0.4, -0.2) is 30.6 Å². The molecule has 1 aromatic carbocycles. The van der Waals surface area contributed by atoms with E-state index in [9.17, 15) is 9.18 Å². The molecule has 0 unspecified atom stereocenters. The van der Waals surface area contributed by atoms with Crippen LogP contribution < -0.4 is 15.8 Å². The molecule has 0 atom stereocenters. The van der Waals surface area contributed by atoms with Crippen LogP contribution >= 0.6 is 0 Å². The van der Waals surface area contributed by atoms with E-state index in [4.69, 9.17) is 15.7 Å². The summed E-state index contributed by atoms with van der Waals surface area (Å²) >= 11 is 0. The molecular weight excluding hydrogens is 253 g/mol. The number of rotatable bonds is 6. The Morgan fingerprint density at radius 3 is 2.95 bits per heavy atom. The number of nitrogens with two attached hydrogens (primary N) is 1. The second-order valence-electron chi connectivity index (χ2n) is 3.77. The van der Waals surface area contributed by atoms with Gasteiger partial charge in [-0.2, -0.15) is 0 Å². The molecule has 19 heavy (non-hydrogen) atoms. The summed E-state index contributed by atoms with van der Waals surface area (Å²) < 4.78 is 18.5. The van der Waals surface area contributed by atoms with E-state index in [1.54, 1.807) is 0 Å². The lowest BCUT2D eigenvalue weighted by Gasteiger charge is -2.09. The molecule has 0 bridgehead atoms. The fourth-order valence-corrected chi connectivity index (χ4v) is 1.50. The van der Waals surface area contributed by atoms with Crippen molar-refractivity contribution in [3.05, 3.63) is 29.6 Å². The topological polar surface area (TPSA) is 96.9 Å². The molecule has 1 rings (SSSR count). The van der Waals surface area contributed by atoms with Crippen molar-refractivity contribution < 1.29 is 19.1 Å². The summed E-state index contributed by atoms with van der Waals surface area (Å²) in [4.78, 5) is 11.8. The van der Waals surface area contributed by atoms with Gasteiger partial charge < -0.3 is 21.0 Å². The van der Waals surface area contributed by atoms with E-state index in [1.807, 2.05) is 0 Å². The zero-order valence-electron chi connectivity index (χ0n) is 10.5. The highest BCUT2D eigenvalue weighted by atomic mass is 19.1. The maximum absolute atomic E-state index is 13.6. The maximum Gasteiger partial charge on any atom is 0.258 e. The average molecular weight is 269 g/mol. The lowest BCUT2D eigenvalue weighted by atomic mass is 10.1. The SMILES string of the molecule is COc1cccc(F)c1C(=O)NCCCC(N)=NO. The van der Waals surface area contributed by atoms with Crippen LogP contribution in [0.3, 0.4) is 0 Å². The number of methoxy groups -OCH3 is 1. The van der Waals surface area contributed by atoms with Crippen LogP contribution in [0.25, 0.3) is 0 Å². The van der Waals surface area contributed by atoms with E-state index in [0.29, 0.717) is 12.8 Å². The number of amides is 1. The Morgan fingerprint density at radius 2 is 2.32 bits per heavy atom. The number of nitrogens with zero attached hydrogens (tertiary/aromatic N) is 1. The number of hydrogen-bond donors (Lipinski definition) is 3. The highest BCUT2D eigenvalue weighted by Gasteiger charge is 2.16. The number of ether oxygens (including phenoxy) is 1. The Bertz CT molecular complexity index is 477. The van der Waals surface area contributed by atoms with E-state index in [0.717, 1.165) is 0 Å². The van der Waals surface area contributed by atoms with Gasteiger partial charge in [0.25, 0.3) is 5.91 Å². The first kappa shape index (κ1) is 14.7. The molecule has 0 saturated carbocycles. The summed E-state index contributed by atoms with van der Waals surface area (Å²) in [5.41, 5.74) is 5.15. The van der Waals surface area contributed by atoms with Crippen molar-refractivity contribution in [2.24, 2.45) is 10.9 Å². The van der Waals surface area contributed by atoms with Crippen molar-refractivity contribution in [1.29, 1.82) is 0 Å². The second kappa shape index (κ2) is 7.20. The number of hydrogen-bond acceptors (Lipinski definition) is 4. The van der Waals surface area contributed by atoms with Gasteiger partial charge in [0.15, 0.2) is 0 Å². The van der Waals surface area contributed by atoms with E-state index < -0.39 is 11.7 Å². The fraction of sp³-hybridized carbons (Fsp3) is 0.333. The second-order valence-corrected chi connectivity index (χ2v) is 3.77. The Hall–Kier alpha value is -2.31. The highest BCUT2D eigenvalue weighted by molar-refractivity contribution is 5.97. The van der Waals surface area contributed by atoms with Crippen molar-refractivity contribution in [2.45, 2.75) is 12.8 Å². The predicted molar refractivity (Wildman–Crippen MR) is 67.9 cm³/mol. The summed E-state index contributed by atoms with van der Waals surface area (Å²) in [6.07, 6.45) is 0.823. The first-order valence-electron chi connectivity index (χ1n) is 5.67. The van der Waals surface area contributed by atoms with E-state index >= 15 is 0 Å². The molecule has 0 saturated heterocycles. The zero-order chi connectivity index (χ0) is 14.3. The largest absolute Gasteiger partial charge is 0.496 e. The summed E-state index contributed by atoms with van der Waals surface area (Å²) in [7, 11) is 1.37. The van der Waals surface area contributed by atoms with Crippen LogP contribution in [0.15, 0.2) is 23.4 Å². The van der Waals surface area contributed by atoms with E-state index in [2.05, 4.69) is 10.5 Å². The number of halogens is 1. The summed E-state index contributed by atoms with van der Waals surface area (Å²) in [6.45, 7) is 0.284. The molecule has 6 nitrogen and oxygen atoms in total. The molecule has 0 aliphatic rings. The smallest absolute Gasteiger partial charge is 0.258 e. The molecule has 0 radical (unpaired) electrons. The van der Waals surface area contributed by atoms with Gasteiger partial charge in [-0.1, -0.05) is 11.2 Å². The Labute approximate surface area is 110 Å². The molecule has 0 spiro atoms. The highest BCUT2D eigenvalue weighted by Crippen LogP contribution is 2.20. The van der Waals surface area contributed by atoms with Crippen LogP contribution in [0.2, 0.25) is 0 Å². The van der Waals surface area contributed by atoms with Gasteiger partial charge in [-0.3, -0.25) is 4.79 Å². The third kappa shape index (κ3) is 4.13. The molecule has 0 heterocycles. The van der Waals surface area contributed by atoms with Crippen molar-refractivity contribution in [1.82, 2.24) is 5.32 Å². The minimum absolute atomic E-state index is 0.0812. The van der Waals surface area contributed by atoms with Crippen molar-refractivity contribution >= 4 is 11.7 Å². The quantitative estimate of drug-likeness (QED) is 0.237. The number of amidine groups is 1. The Morgan fingerprint density at radius 1 is 1.58 bits per heavy atom. The molecule has 0 aromatic heterocycles. The van der Waals surface area contributed by atoms with E-state index in [1.165, 1.54) is 25.3 Å². The standard InChI is InChI=1S/C12H16FN3O3/c1-19-9-5-2-4-8(13)11(9)12(17)15-7-3-6-10(14)16-18/h2,4-5,18H,3,6-7H2,1H3,(H2,14,16)(H,15,17). The van der Waals surface area contributed by atoms with Gasteiger partial charge in [-0.15, -0.1) is 0 Å². The third-order valence-electron chi connectivity index (χ3n) is 2.45. The minimum Gasteiger partial charge on any atom is -0.496 e. The summed E-state index contributed by atoms with van der Waals surface area (Å²) in [6, 6.07) is 4.16. The average Bonchev–Trinajstić information content (AvgIpc) is 2.42. The van der Waals surface area contributed by atoms with Crippen molar-refractivity contribution in [3.8, 4) is 5.75 Å². The predicted octanol–water partition coefficient (Wildman–Crippen LogP) is 1.09. The van der Waals surface area contributed by atoms with Gasteiger partial charge >= 0.3 is 0 Å². The van der Waals surface area contributed by atoms with Crippen molar-refractivity contribution in [3.63, 3.8) is 0 Å². The molecule has 104 valence electrons. The third-order valence-corrected chi connectivity index (χ3v) is 2.45. The van der Waals surface area contributed by atoms with Gasteiger partial charge in [-0.05, 0) is 18.6 Å². The molecular formula is C12H16FN3O3. The number of benzene rings is 1. The molecule has 0 fully saturated rings. The lowest BCUT2D eigenvalue weighted by molar-refractivity contribution is 0.0946. The number of nitrogens with one attached hydrogen (secondary N) is 1. The Balaban J connectivity index is 2.59. The van der Waals surface area contributed by atoms with Gasteiger partial charge in [0, 0.05) is 13.0 Å². The van der Waals surface area contributed by atoms with Gasteiger partial charge in [0.05, 0.1) is 7.11 Å². The van der Waals surface area contributed by atoms with Crippen LogP contribution in [0, 0.1) is 5.82 Å². The van der Waals surface area contributed by atoms with Gasteiger partial charge in [0.1, 0.15) is 23.0 Å². The number of oxime groups is 1. The number of carbonyl (C=O) groups is 1. The lowest BCUT2D eigenvalue weighted by Crippen LogP contribution is -2.27. The molecule has 0 aliphatic heterocycles. The molecule has 1 aromatic rings. The fourth-order valence-electron chi connectivity index (χ4n) is 1.50. The minimum atomic E-state index is -0.645. The molecule has 7 heteroatoms. The molecule has 1 amide bonds. The first-order valence-corrected chi connectivity index (χ1v) is 5.67. The normalized spacial score (nSPS) is 11.2. The zero-order valence-corrected chi connectivity index (χ0v) is 10.5.